The zero-order valence-electron chi connectivity index (χ0n) is 17.7. The lowest BCUT2D eigenvalue weighted by Gasteiger charge is -2.19. The molecular weight excluding hydrogens is 444 g/mol. The molecule has 2 amide bonds. The van der Waals surface area contributed by atoms with Crippen molar-refractivity contribution in [2.24, 2.45) is 0 Å². The van der Waals surface area contributed by atoms with Crippen LogP contribution in [-0.2, 0) is 14.8 Å². The first-order valence-electron chi connectivity index (χ1n) is 9.96. The zero-order valence-corrected chi connectivity index (χ0v) is 18.5. The van der Waals surface area contributed by atoms with Crippen LogP contribution < -0.4 is 10.6 Å². The Balaban J connectivity index is 1.93. The summed E-state index contributed by atoms with van der Waals surface area (Å²) in [5.74, 6) is -3.34. The molecule has 0 aliphatic carbocycles. The van der Waals surface area contributed by atoms with E-state index < -0.39 is 33.5 Å². The number of benzene rings is 2. The van der Waals surface area contributed by atoms with E-state index >= 15 is 0 Å². The molecule has 2 rings (SSSR count). The van der Waals surface area contributed by atoms with Gasteiger partial charge in [-0.25, -0.2) is 17.2 Å². The standard InChI is InChI=1S/C21H25F2N3O5S/c1-3-26(4-2)32(30,31)15-8-10-19(27)18(13-15)25-20(28)6-5-11-24-21(29)16-9-7-14(22)12-17(16)23/h7-10,12-13,27H,3-6,11H2,1-2H3,(H,24,29)(H,25,28). The fraction of sp³-hybridized carbons (Fsp3) is 0.333. The monoisotopic (exact) mass is 469 g/mol. The highest BCUT2D eigenvalue weighted by Crippen LogP contribution is 2.28. The average Bonchev–Trinajstić information content (AvgIpc) is 2.73. The van der Waals surface area contributed by atoms with Crippen LogP contribution >= 0.6 is 0 Å². The van der Waals surface area contributed by atoms with Gasteiger partial charge in [-0.1, -0.05) is 13.8 Å². The maximum Gasteiger partial charge on any atom is 0.254 e. The maximum absolute atomic E-state index is 13.6. The Morgan fingerprint density at radius 2 is 1.75 bits per heavy atom. The van der Waals surface area contributed by atoms with Crippen molar-refractivity contribution in [1.82, 2.24) is 9.62 Å². The van der Waals surface area contributed by atoms with Crippen LogP contribution in [0, 0.1) is 11.6 Å². The van der Waals surface area contributed by atoms with Gasteiger partial charge < -0.3 is 15.7 Å². The molecule has 0 atom stereocenters. The van der Waals surface area contributed by atoms with Gasteiger partial charge >= 0.3 is 0 Å². The van der Waals surface area contributed by atoms with Gasteiger partial charge in [-0.05, 0) is 36.8 Å². The topological polar surface area (TPSA) is 116 Å². The molecule has 0 bridgehead atoms. The van der Waals surface area contributed by atoms with Crippen LogP contribution in [0.1, 0.15) is 37.0 Å². The Morgan fingerprint density at radius 3 is 2.38 bits per heavy atom. The number of sulfonamides is 1. The summed E-state index contributed by atoms with van der Waals surface area (Å²) in [6.45, 7) is 4.00. The van der Waals surface area contributed by atoms with Crippen LogP contribution in [0.4, 0.5) is 14.5 Å². The van der Waals surface area contributed by atoms with Crippen LogP contribution in [-0.4, -0.2) is 49.3 Å². The average molecular weight is 470 g/mol. The van der Waals surface area contributed by atoms with E-state index in [1.807, 2.05) is 0 Å². The van der Waals surface area contributed by atoms with Gasteiger partial charge in [-0.15, -0.1) is 0 Å². The number of amides is 2. The minimum atomic E-state index is -3.77. The van der Waals surface area contributed by atoms with E-state index in [1.165, 1.54) is 22.5 Å². The third-order valence-electron chi connectivity index (χ3n) is 4.63. The highest BCUT2D eigenvalue weighted by atomic mass is 32.2. The second kappa shape index (κ2) is 11.0. The Morgan fingerprint density at radius 1 is 1.06 bits per heavy atom. The molecule has 2 aromatic rings. The maximum atomic E-state index is 13.6. The number of hydrogen-bond acceptors (Lipinski definition) is 5. The largest absolute Gasteiger partial charge is 0.506 e. The fourth-order valence-corrected chi connectivity index (χ4v) is 4.41. The van der Waals surface area contributed by atoms with Gasteiger partial charge in [-0.3, -0.25) is 9.59 Å². The smallest absolute Gasteiger partial charge is 0.254 e. The molecule has 0 fully saturated rings. The van der Waals surface area contributed by atoms with Gasteiger partial charge in [0.1, 0.15) is 17.4 Å². The first-order valence-corrected chi connectivity index (χ1v) is 11.4. The summed E-state index contributed by atoms with van der Waals surface area (Å²) in [4.78, 5) is 24.0. The number of carbonyl (C=O) groups excluding carboxylic acids is 2. The van der Waals surface area contributed by atoms with Crippen molar-refractivity contribution in [3.05, 3.63) is 53.6 Å². The lowest BCUT2D eigenvalue weighted by Crippen LogP contribution is -2.30. The van der Waals surface area contributed by atoms with E-state index in [4.69, 9.17) is 0 Å². The zero-order chi connectivity index (χ0) is 23.9. The normalized spacial score (nSPS) is 11.4. The molecule has 0 aliphatic rings. The Hall–Kier alpha value is -3.05. The summed E-state index contributed by atoms with van der Waals surface area (Å²) in [5, 5.41) is 14.9. The molecule has 0 aromatic heterocycles. The Bertz CT molecular complexity index is 1090. The molecule has 0 radical (unpaired) electrons. The van der Waals surface area contributed by atoms with Crippen molar-refractivity contribution in [2.45, 2.75) is 31.6 Å². The second-order valence-electron chi connectivity index (χ2n) is 6.80. The number of anilines is 1. The number of halogens is 2. The Kier molecular flexibility index (Phi) is 8.67. The van der Waals surface area contributed by atoms with Crippen LogP contribution in [0.2, 0.25) is 0 Å². The van der Waals surface area contributed by atoms with Crippen molar-refractivity contribution in [2.75, 3.05) is 25.0 Å². The minimum absolute atomic E-state index is 0.0471. The van der Waals surface area contributed by atoms with Gasteiger partial charge in [-0.2, -0.15) is 4.31 Å². The SMILES string of the molecule is CCN(CC)S(=O)(=O)c1ccc(O)c(NC(=O)CCCNC(=O)c2ccc(F)cc2F)c1. The molecule has 0 saturated heterocycles. The highest BCUT2D eigenvalue weighted by molar-refractivity contribution is 7.89. The van der Waals surface area contributed by atoms with E-state index in [0.717, 1.165) is 12.1 Å². The van der Waals surface area contributed by atoms with Crippen LogP contribution in [0.3, 0.4) is 0 Å². The molecule has 0 spiro atoms. The third kappa shape index (κ3) is 6.24. The number of rotatable bonds is 10. The quantitative estimate of drug-likeness (QED) is 0.366. The summed E-state index contributed by atoms with van der Waals surface area (Å²) in [7, 11) is -3.77. The third-order valence-corrected chi connectivity index (χ3v) is 6.67. The number of carbonyl (C=O) groups is 2. The predicted octanol–water partition coefficient (Wildman–Crippen LogP) is 2.85. The number of aromatic hydroxyl groups is 1. The molecule has 11 heteroatoms. The molecule has 0 saturated carbocycles. The molecule has 0 unspecified atom stereocenters. The van der Waals surface area contributed by atoms with E-state index in [2.05, 4.69) is 10.6 Å². The molecule has 2 aromatic carbocycles. The van der Waals surface area contributed by atoms with Gasteiger partial charge in [0.05, 0.1) is 16.1 Å². The highest BCUT2D eigenvalue weighted by Gasteiger charge is 2.23. The predicted molar refractivity (Wildman–Crippen MR) is 115 cm³/mol. The van der Waals surface area contributed by atoms with E-state index in [1.54, 1.807) is 13.8 Å². The van der Waals surface area contributed by atoms with Crippen LogP contribution in [0.25, 0.3) is 0 Å². The summed E-state index contributed by atoms with van der Waals surface area (Å²) < 4.78 is 53.0. The number of hydrogen-bond donors (Lipinski definition) is 3. The first-order chi connectivity index (χ1) is 15.1. The lowest BCUT2D eigenvalue weighted by atomic mass is 10.2. The number of nitrogens with zero attached hydrogens (tertiary/aromatic N) is 1. The van der Waals surface area contributed by atoms with Crippen molar-refractivity contribution >= 4 is 27.5 Å². The van der Waals surface area contributed by atoms with Crippen LogP contribution in [0.15, 0.2) is 41.3 Å². The molecule has 32 heavy (non-hydrogen) atoms. The van der Waals surface area contributed by atoms with Crippen LogP contribution in [0.5, 0.6) is 5.75 Å². The molecule has 8 nitrogen and oxygen atoms in total. The molecule has 174 valence electrons. The summed E-state index contributed by atoms with van der Waals surface area (Å²) >= 11 is 0. The van der Waals surface area contributed by atoms with Crippen molar-refractivity contribution in [1.29, 1.82) is 0 Å². The van der Waals surface area contributed by atoms with Crippen molar-refractivity contribution in [3.63, 3.8) is 0 Å². The van der Waals surface area contributed by atoms with Gasteiger partial charge in [0, 0.05) is 32.1 Å². The summed E-state index contributed by atoms with van der Waals surface area (Å²) in [6.07, 6.45) is 0.136. The molecule has 3 N–H and O–H groups in total. The number of nitrogens with one attached hydrogen (secondary N) is 2. The minimum Gasteiger partial charge on any atom is -0.506 e. The van der Waals surface area contributed by atoms with Gasteiger partial charge in [0.25, 0.3) is 5.91 Å². The Labute approximate surface area is 185 Å². The van der Waals surface area contributed by atoms with Crippen molar-refractivity contribution in [3.8, 4) is 5.75 Å². The fourth-order valence-electron chi connectivity index (χ4n) is 2.92. The molecule has 0 heterocycles. The number of phenolic OH excluding ortho intramolecular Hbond substituents is 1. The number of phenols is 1. The van der Waals surface area contributed by atoms with Crippen molar-refractivity contribution < 1.29 is 31.9 Å². The van der Waals surface area contributed by atoms with E-state index in [-0.39, 0.29) is 54.4 Å². The first kappa shape index (κ1) is 25.2. The second-order valence-corrected chi connectivity index (χ2v) is 8.74. The van der Waals surface area contributed by atoms with Gasteiger partial charge in [0.15, 0.2) is 0 Å². The summed E-state index contributed by atoms with van der Waals surface area (Å²) in [5.41, 5.74) is -0.368. The van der Waals surface area contributed by atoms with E-state index in [9.17, 15) is 31.9 Å². The lowest BCUT2D eigenvalue weighted by molar-refractivity contribution is -0.116. The summed E-state index contributed by atoms with van der Waals surface area (Å²) in [6, 6.07) is 6.21. The molecule has 0 aliphatic heterocycles. The molecular formula is C21H25F2N3O5S. The van der Waals surface area contributed by atoms with Gasteiger partial charge in [0.2, 0.25) is 15.9 Å². The van der Waals surface area contributed by atoms with E-state index in [0.29, 0.717) is 6.07 Å².